The van der Waals surface area contributed by atoms with Gasteiger partial charge in [0, 0.05) is 5.69 Å². The molecule has 0 saturated carbocycles. The first kappa shape index (κ1) is 21.6. The van der Waals surface area contributed by atoms with Gasteiger partial charge in [0.05, 0.1) is 5.69 Å². The fourth-order valence-corrected chi connectivity index (χ4v) is 5.03. The van der Waals surface area contributed by atoms with Crippen molar-refractivity contribution in [1.82, 2.24) is 5.16 Å². The highest BCUT2D eigenvalue weighted by Crippen LogP contribution is 2.29. The van der Waals surface area contributed by atoms with Crippen molar-refractivity contribution >= 4 is 27.3 Å². The fourth-order valence-electron chi connectivity index (χ4n) is 3.33. The van der Waals surface area contributed by atoms with Gasteiger partial charge < -0.3 is 9.84 Å². The van der Waals surface area contributed by atoms with E-state index in [1.807, 2.05) is 39.0 Å². The molecule has 2 aromatic carbocycles. The summed E-state index contributed by atoms with van der Waals surface area (Å²) in [4.78, 5) is 12.8. The van der Waals surface area contributed by atoms with E-state index in [1.54, 1.807) is 38.1 Å². The van der Waals surface area contributed by atoms with Gasteiger partial charge in [-0.1, -0.05) is 28.9 Å². The van der Waals surface area contributed by atoms with Crippen LogP contribution >= 0.6 is 0 Å². The number of amides is 1. The van der Waals surface area contributed by atoms with E-state index in [2.05, 4.69) is 10.5 Å². The molecule has 8 heteroatoms. The van der Waals surface area contributed by atoms with Crippen molar-refractivity contribution in [2.24, 2.45) is 0 Å². The highest BCUT2D eigenvalue weighted by molar-refractivity contribution is 7.93. The number of aryl methyl sites for hydroxylation is 5. The van der Waals surface area contributed by atoms with Crippen LogP contribution in [0.15, 0.2) is 51.9 Å². The molecule has 1 heterocycles. The number of aromatic nitrogens is 1. The van der Waals surface area contributed by atoms with Crippen LogP contribution in [-0.4, -0.2) is 26.0 Å². The minimum atomic E-state index is -4.08. The van der Waals surface area contributed by atoms with Crippen LogP contribution in [0.1, 0.15) is 28.1 Å². The number of sulfonamides is 1. The van der Waals surface area contributed by atoms with Gasteiger partial charge in [0.1, 0.15) is 12.2 Å². The summed E-state index contributed by atoms with van der Waals surface area (Å²) >= 11 is 0. The number of hydrogen-bond acceptors (Lipinski definition) is 5. The molecule has 30 heavy (non-hydrogen) atoms. The molecule has 1 N–H and O–H groups in total. The molecule has 0 unspecified atom stereocenters. The number of rotatable bonds is 6. The maximum Gasteiger partial charge on any atom is 0.270 e. The predicted octanol–water partition coefficient (Wildman–Crippen LogP) is 4.05. The first-order chi connectivity index (χ1) is 14.1. The molecule has 1 amide bonds. The van der Waals surface area contributed by atoms with Crippen molar-refractivity contribution in [3.8, 4) is 0 Å². The van der Waals surface area contributed by atoms with E-state index in [0.717, 1.165) is 21.0 Å². The van der Waals surface area contributed by atoms with E-state index < -0.39 is 15.9 Å². The maximum absolute atomic E-state index is 13.5. The zero-order chi connectivity index (χ0) is 22.1. The summed E-state index contributed by atoms with van der Waals surface area (Å²) in [5.41, 5.74) is 4.10. The van der Waals surface area contributed by atoms with E-state index in [-0.39, 0.29) is 22.9 Å². The number of benzene rings is 2. The lowest BCUT2D eigenvalue weighted by molar-refractivity contribution is -0.114. The molecule has 7 nitrogen and oxygen atoms in total. The van der Waals surface area contributed by atoms with Gasteiger partial charge in [-0.2, -0.15) is 0 Å². The van der Waals surface area contributed by atoms with E-state index in [4.69, 9.17) is 4.52 Å². The van der Waals surface area contributed by atoms with E-state index in [1.165, 1.54) is 0 Å². The van der Waals surface area contributed by atoms with Crippen LogP contribution < -0.4 is 9.62 Å². The standard InChI is InChI=1S/C22H25N3O4S/c1-14-6-8-19(9-7-14)23-21(26)13-25(20-11-15(2)10-16(3)12-20)30(27,28)22-17(4)24-29-18(22)5/h6-12H,13H2,1-5H3,(H,23,26). The number of nitrogens with zero attached hydrogens (tertiary/aromatic N) is 2. The molecule has 3 aromatic rings. The van der Waals surface area contributed by atoms with Crippen LogP contribution in [0.5, 0.6) is 0 Å². The van der Waals surface area contributed by atoms with Crippen molar-refractivity contribution in [2.75, 3.05) is 16.2 Å². The monoisotopic (exact) mass is 427 g/mol. The second-order valence-electron chi connectivity index (χ2n) is 7.43. The molecule has 1 aromatic heterocycles. The number of carbonyl (C=O) groups is 1. The van der Waals surface area contributed by atoms with Crippen molar-refractivity contribution in [3.05, 3.63) is 70.6 Å². The third kappa shape index (κ3) is 4.54. The Hall–Kier alpha value is -3.13. The van der Waals surface area contributed by atoms with Crippen molar-refractivity contribution < 1.29 is 17.7 Å². The maximum atomic E-state index is 13.5. The van der Waals surface area contributed by atoms with Crippen LogP contribution in [0.25, 0.3) is 0 Å². The highest BCUT2D eigenvalue weighted by Gasteiger charge is 2.33. The zero-order valence-corrected chi connectivity index (χ0v) is 18.5. The smallest absolute Gasteiger partial charge is 0.270 e. The highest BCUT2D eigenvalue weighted by atomic mass is 32.2. The Morgan fingerprint density at radius 3 is 2.10 bits per heavy atom. The number of carbonyl (C=O) groups excluding carboxylic acids is 1. The second-order valence-corrected chi connectivity index (χ2v) is 9.22. The quantitative estimate of drug-likeness (QED) is 0.641. The van der Waals surface area contributed by atoms with Gasteiger partial charge in [0.25, 0.3) is 10.0 Å². The summed E-state index contributed by atoms with van der Waals surface area (Å²) in [5.74, 6) is -0.269. The lowest BCUT2D eigenvalue weighted by Crippen LogP contribution is -2.38. The summed E-state index contributed by atoms with van der Waals surface area (Å²) in [6, 6.07) is 12.7. The minimum Gasteiger partial charge on any atom is -0.360 e. The molecule has 0 spiro atoms. The lowest BCUT2D eigenvalue weighted by atomic mass is 10.1. The Balaban J connectivity index is 2.01. The zero-order valence-electron chi connectivity index (χ0n) is 17.7. The third-order valence-corrected chi connectivity index (χ3v) is 6.65. The molecule has 3 rings (SSSR count). The first-order valence-corrected chi connectivity index (χ1v) is 10.9. The Morgan fingerprint density at radius 1 is 0.967 bits per heavy atom. The molecular formula is C22H25N3O4S. The van der Waals surface area contributed by atoms with Crippen LogP contribution in [0.4, 0.5) is 11.4 Å². The SMILES string of the molecule is Cc1ccc(NC(=O)CN(c2cc(C)cc(C)c2)S(=O)(=O)c2c(C)noc2C)cc1. The molecule has 0 fully saturated rings. The lowest BCUT2D eigenvalue weighted by Gasteiger charge is -2.24. The van der Waals surface area contributed by atoms with Gasteiger partial charge in [0.2, 0.25) is 5.91 Å². The van der Waals surface area contributed by atoms with E-state index in [9.17, 15) is 13.2 Å². The minimum absolute atomic E-state index is 0.0233. The molecule has 158 valence electrons. The van der Waals surface area contributed by atoms with Crippen LogP contribution in [-0.2, 0) is 14.8 Å². The molecule has 0 radical (unpaired) electrons. The van der Waals surface area contributed by atoms with E-state index >= 15 is 0 Å². The summed E-state index contributed by atoms with van der Waals surface area (Å²) in [6.45, 7) is 8.42. The van der Waals surface area contributed by atoms with Gasteiger partial charge in [-0.25, -0.2) is 8.42 Å². The average Bonchev–Trinajstić information content (AvgIpc) is 2.99. The van der Waals surface area contributed by atoms with Gasteiger partial charge in [-0.05, 0) is 70.0 Å². The van der Waals surface area contributed by atoms with Crippen molar-refractivity contribution in [2.45, 2.75) is 39.5 Å². The van der Waals surface area contributed by atoms with E-state index in [0.29, 0.717) is 11.4 Å². The fraction of sp³-hybridized carbons (Fsp3) is 0.273. The third-order valence-electron chi connectivity index (χ3n) is 4.63. The molecule has 0 aliphatic carbocycles. The van der Waals surface area contributed by atoms with Gasteiger partial charge in [-0.3, -0.25) is 9.10 Å². The largest absolute Gasteiger partial charge is 0.360 e. The Labute approximate surface area is 176 Å². The van der Waals surface area contributed by atoms with Crippen LogP contribution in [0.2, 0.25) is 0 Å². The second kappa shape index (κ2) is 8.31. The Bertz CT molecular complexity index is 1140. The van der Waals surface area contributed by atoms with Gasteiger partial charge in [-0.15, -0.1) is 0 Å². The van der Waals surface area contributed by atoms with Gasteiger partial charge in [0.15, 0.2) is 10.7 Å². The summed E-state index contributed by atoms with van der Waals surface area (Å²) in [6.07, 6.45) is 0. The predicted molar refractivity (Wildman–Crippen MR) is 116 cm³/mol. The molecule has 0 bridgehead atoms. The molecule has 0 saturated heterocycles. The van der Waals surface area contributed by atoms with Crippen molar-refractivity contribution in [1.29, 1.82) is 0 Å². The summed E-state index contributed by atoms with van der Waals surface area (Å²) in [7, 11) is -4.08. The molecule has 0 aliphatic rings. The first-order valence-electron chi connectivity index (χ1n) is 9.48. The number of hydrogen-bond donors (Lipinski definition) is 1. The number of nitrogens with one attached hydrogen (secondary N) is 1. The normalized spacial score (nSPS) is 11.4. The van der Waals surface area contributed by atoms with Crippen LogP contribution in [0.3, 0.4) is 0 Å². The average molecular weight is 428 g/mol. The number of anilines is 2. The molecular weight excluding hydrogens is 402 g/mol. The molecule has 0 atom stereocenters. The Kier molecular flexibility index (Phi) is 5.98. The Morgan fingerprint density at radius 2 is 1.57 bits per heavy atom. The van der Waals surface area contributed by atoms with Gasteiger partial charge >= 0.3 is 0 Å². The molecule has 0 aliphatic heterocycles. The van der Waals surface area contributed by atoms with Crippen LogP contribution in [0, 0.1) is 34.6 Å². The topological polar surface area (TPSA) is 92.5 Å². The summed E-state index contributed by atoms with van der Waals surface area (Å²) in [5, 5.41) is 6.53. The summed E-state index contributed by atoms with van der Waals surface area (Å²) < 4.78 is 33.2. The van der Waals surface area contributed by atoms with Crippen molar-refractivity contribution in [3.63, 3.8) is 0 Å².